The Labute approximate surface area is 276 Å². The minimum atomic E-state index is 0.502. The predicted molar refractivity (Wildman–Crippen MR) is 192 cm³/mol. The quantitative estimate of drug-likeness (QED) is 0.219. The molecule has 0 aliphatic heterocycles. The molecule has 0 saturated heterocycles. The van der Waals surface area contributed by atoms with E-state index in [0.717, 1.165) is 29.6 Å². The normalized spacial score (nSPS) is 40.5. The van der Waals surface area contributed by atoms with E-state index in [1.54, 1.807) is 0 Å². The third-order valence-electron chi connectivity index (χ3n) is 13.9. The summed E-state index contributed by atoms with van der Waals surface area (Å²) in [6, 6.07) is 2.01. The van der Waals surface area contributed by atoms with Crippen LogP contribution in [0.4, 0.5) is 0 Å². The van der Waals surface area contributed by atoms with Gasteiger partial charge in [-0.25, -0.2) is 0 Å². The first-order valence-corrected chi connectivity index (χ1v) is 19.9. The fourth-order valence-corrected chi connectivity index (χ4v) is 11.1. The molecule has 4 fully saturated rings. The van der Waals surface area contributed by atoms with E-state index in [1.807, 2.05) is 0 Å². The van der Waals surface area contributed by atoms with Crippen molar-refractivity contribution in [1.29, 1.82) is 5.41 Å². The Morgan fingerprint density at radius 1 is 0.409 bits per heavy atom. The lowest BCUT2D eigenvalue weighted by atomic mass is 9.68. The van der Waals surface area contributed by atoms with Gasteiger partial charge in [-0.2, -0.15) is 0 Å². The van der Waals surface area contributed by atoms with Crippen molar-refractivity contribution in [3.63, 3.8) is 0 Å². The van der Waals surface area contributed by atoms with Gasteiger partial charge in [0.15, 0.2) is 5.96 Å². The number of rotatable bonds is 8. The highest BCUT2D eigenvalue weighted by molar-refractivity contribution is 5.79. The lowest BCUT2D eigenvalue weighted by molar-refractivity contribution is -0.0192. The van der Waals surface area contributed by atoms with E-state index in [0.29, 0.717) is 71.5 Å². The highest BCUT2D eigenvalue weighted by atomic mass is 15.4. The molecule has 4 aliphatic carbocycles. The Bertz CT molecular complexity index is 758. The van der Waals surface area contributed by atoms with E-state index >= 15 is 0 Å². The van der Waals surface area contributed by atoms with Crippen molar-refractivity contribution in [3.8, 4) is 0 Å². The van der Waals surface area contributed by atoms with Crippen LogP contribution in [0.1, 0.15) is 160 Å². The molecule has 4 aliphatic rings. The van der Waals surface area contributed by atoms with Crippen LogP contribution < -0.4 is 0 Å². The van der Waals surface area contributed by atoms with Gasteiger partial charge in [0.2, 0.25) is 0 Å². The molecule has 0 aromatic heterocycles. The number of hydrogen-bond acceptors (Lipinski definition) is 1. The van der Waals surface area contributed by atoms with Crippen molar-refractivity contribution in [2.45, 2.75) is 184 Å². The Morgan fingerprint density at radius 3 is 0.795 bits per heavy atom. The molecule has 0 bridgehead atoms. The van der Waals surface area contributed by atoms with Gasteiger partial charge in [0.25, 0.3) is 0 Å². The van der Waals surface area contributed by atoms with Crippen LogP contribution in [0.2, 0.25) is 0 Å². The molecule has 44 heavy (non-hydrogen) atoms. The molecule has 1 N–H and O–H groups in total. The second-order valence-corrected chi connectivity index (χ2v) is 18.7. The minimum absolute atomic E-state index is 0.502. The fourth-order valence-electron chi connectivity index (χ4n) is 11.1. The van der Waals surface area contributed by atoms with Crippen LogP contribution in [-0.2, 0) is 0 Å². The number of hydrogen-bond donors (Lipinski definition) is 1. The van der Waals surface area contributed by atoms with E-state index < -0.39 is 0 Å². The summed E-state index contributed by atoms with van der Waals surface area (Å²) < 4.78 is 0. The van der Waals surface area contributed by atoms with Gasteiger partial charge in [0, 0.05) is 24.2 Å². The molecular formula is C41H77N3. The molecule has 3 heteroatoms. The molecule has 256 valence electrons. The monoisotopic (exact) mass is 612 g/mol. The Morgan fingerprint density at radius 2 is 0.614 bits per heavy atom. The van der Waals surface area contributed by atoms with Crippen LogP contribution in [0, 0.1) is 76.4 Å². The summed E-state index contributed by atoms with van der Waals surface area (Å²) in [4.78, 5) is 5.82. The molecule has 4 saturated carbocycles. The smallest absolute Gasteiger partial charge is 0.194 e. The maximum Gasteiger partial charge on any atom is 0.194 e. The van der Waals surface area contributed by atoms with Gasteiger partial charge in [0.1, 0.15) is 0 Å². The zero-order chi connectivity index (χ0) is 32.5. The average molecular weight is 612 g/mol. The average Bonchev–Trinajstić information content (AvgIpc) is 2.93. The zero-order valence-corrected chi connectivity index (χ0v) is 31.6. The summed E-state index contributed by atoms with van der Waals surface area (Å²) in [5.74, 6) is 9.46. The van der Waals surface area contributed by atoms with Crippen molar-refractivity contribution in [1.82, 2.24) is 9.80 Å². The summed E-state index contributed by atoms with van der Waals surface area (Å²) >= 11 is 0. The van der Waals surface area contributed by atoms with Crippen molar-refractivity contribution < 1.29 is 0 Å². The molecule has 0 aromatic carbocycles. The van der Waals surface area contributed by atoms with Crippen molar-refractivity contribution in [2.24, 2.45) is 71.0 Å². The molecule has 12 atom stereocenters. The van der Waals surface area contributed by atoms with Crippen molar-refractivity contribution >= 4 is 5.96 Å². The fraction of sp³-hybridized carbons (Fsp3) is 0.976. The molecule has 0 amide bonds. The molecule has 12 unspecified atom stereocenters. The van der Waals surface area contributed by atoms with Crippen molar-refractivity contribution in [2.75, 3.05) is 0 Å². The van der Waals surface area contributed by atoms with Gasteiger partial charge in [-0.05, 0) is 122 Å². The number of nitrogens with zero attached hydrogens (tertiary/aromatic N) is 2. The summed E-state index contributed by atoms with van der Waals surface area (Å²) in [5.41, 5.74) is 0. The first-order valence-electron chi connectivity index (χ1n) is 19.9. The maximum absolute atomic E-state index is 10.8. The van der Waals surface area contributed by atoms with Gasteiger partial charge >= 0.3 is 0 Å². The summed E-state index contributed by atoms with van der Waals surface area (Å²) in [6.07, 6.45) is 15.9. The zero-order valence-electron chi connectivity index (χ0n) is 31.6. The molecule has 0 aromatic rings. The third kappa shape index (κ3) is 8.03. The van der Waals surface area contributed by atoms with Gasteiger partial charge in [-0.3, -0.25) is 5.41 Å². The maximum atomic E-state index is 10.8. The van der Waals surface area contributed by atoms with Gasteiger partial charge < -0.3 is 9.80 Å². The number of guanidine groups is 1. The first kappa shape index (κ1) is 36.1. The van der Waals surface area contributed by atoms with Crippen LogP contribution in [-0.4, -0.2) is 39.9 Å². The lowest BCUT2D eigenvalue weighted by Crippen LogP contribution is -2.66. The molecule has 0 spiro atoms. The van der Waals surface area contributed by atoms with Crippen molar-refractivity contribution in [3.05, 3.63) is 0 Å². The summed E-state index contributed by atoms with van der Waals surface area (Å²) in [7, 11) is 0. The second kappa shape index (κ2) is 15.4. The highest BCUT2D eigenvalue weighted by Crippen LogP contribution is 2.47. The molecule has 0 heterocycles. The van der Waals surface area contributed by atoms with Gasteiger partial charge in [-0.15, -0.1) is 0 Å². The molecule has 4 rings (SSSR count). The largest absolute Gasteiger partial charge is 0.336 e. The Balaban J connectivity index is 1.90. The van der Waals surface area contributed by atoms with E-state index in [2.05, 4.69) is 92.9 Å². The molecular weight excluding hydrogens is 534 g/mol. The number of nitrogens with one attached hydrogen (secondary N) is 1. The van der Waals surface area contributed by atoms with Crippen LogP contribution >= 0.6 is 0 Å². The van der Waals surface area contributed by atoms with E-state index in [-0.39, 0.29) is 0 Å². The van der Waals surface area contributed by atoms with Crippen LogP contribution in [0.5, 0.6) is 0 Å². The van der Waals surface area contributed by atoms with E-state index in [1.165, 1.54) is 77.0 Å². The molecule has 0 radical (unpaired) electrons. The lowest BCUT2D eigenvalue weighted by Gasteiger charge is -2.58. The van der Waals surface area contributed by atoms with Crippen LogP contribution in [0.25, 0.3) is 0 Å². The Kier molecular flexibility index (Phi) is 12.7. The minimum Gasteiger partial charge on any atom is -0.336 e. The predicted octanol–water partition coefficient (Wildman–Crippen LogP) is 11.4. The van der Waals surface area contributed by atoms with E-state index in [9.17, 15) is 5.41 Å². The van der Waals surface area contributed by atoms with Crippen LogP contribution in [0.15, 0.2) is 0 Å². The third-order valence-corrected chi connectivity index (χ3v) is 13.9. The topological polar surface area (TPSA) is 30.3 Å². The standard InChI is InChI=1S/C41H77N3/c1-25(2)33-17-13-29(9)21-37(33)43(38-22-30(10)14-18-34(38)26(3)4)41(42)44(39-23-31(11)15-19-35(39)27(5)6)40-24-32(12)16-20-36(40)28(7)8/h25-40,42H,13-24H2,1-12H3. The van der Waals surface area contributed by atoms with E-state index in [4.69, 9.17) is 0 Å². The summed E-state index contributed by atoms with van der Waals surface area (Å²) in [5, 5.41) is 10.8. The SMILES string of the molecule is CC1CCC(C(C)C)C(N(C(=N)N(C2CC(C)CCC2C(C)C)C2CC(C)CCC2C(C)C)C2CC(C)CCC2C(C)C)C1. The molecule has 3 nitrogen and oxygen atoms in total. The summed E-state index contributed by atoms with van der Waals surface area (Å²) in [6.45, 7) is 30.0. The van der Waals surface area contributed by atoms with Crippen LogP contribution in [0.3, 0.4) is 0 Å². The Hall–Kier alpha value is -0.730. The van der Waals surface area contributed by atoms with Gasteiger partial charge in [-0.1, -0.05) is 109 Å². The highest BCUT2D eigenvalue weighted by Gasteiger charge is 2.49. The van der Waals surface area contributed by atoms with Gasteiger partial charge in [0.05, 0.1) is 0 Å². The first-order chi connectivity index (χ1) is 20.7. The second-order valence-electron chi connectivity index (χ2n) is 18.7.